The number of rotatable bonds is 8. The third-order valence-corrected chi connectivity index (χ3v) is 5.32. The largest absolute Gasteiger partial charge is 0.406 e. The number of amides is 2. The van der Waals surface area contributed by atoms with Crippen molar-refractivity contribution in [2.24, 2.45) is 5.92 Å². The van der Waals surface area contributed by atoms with Crippen molar-refractivity contribution in [1.29, 1.82) is 0 Å². The first-order valence-corrected chi connectivity index (χ1v) is 9.92. The Morgan fingerprint density at radius 2 is 1.72 bits per heavy atom. The molecule has 2 atom stereocenters. The van der Waals surface area contributed by atoms with Crippen molar-refractivity contribution in [2.75, 3.05) is 32.0 Å². The molecule has 5 nitrogen and oxygen atoms in total. The Kier molecular flexibility index (Phi) is 7.32. The fourth-order valence-corrected chi connectivity index (χ4v) is 3.74. The molecule has 0 bridgehead atoms. The van der Waals surface area contributed by atoms with Crippen LogP contribution in [-0.4, -0.2) is 55.6 Å². The second kappa shape index (κ2) is 9.15. The maximum absolute atomic E-state index is 12.9. The highest BCUT2D eigenvalue weighted by molar-refractivity contribution is 5.93. The molecule has 1 saturated carbocycles. The quantitative estimate of drug-likeness (QED) is 0.686. The monoisotopic (exact) mass is 414 g/mol. The van der Waals surface area contributed by atoms with Crippen molar-refractivity contribution in [3.8, 4) is 0 Å². The number of alkyl halides is 3. The Labute approximate surface area is 170 Å². The Hall–Kier alpha value is -2.09. The number of nitrogens with one attached hydrogen (secondary N) is 2. The van der Waals surface area contributed by atoms with E-state index in [1.54, 1.807) is 14.0 Å². The van der Waals surface area contributed by atoms with Crippen LogP contribution in [-0.2, 0) is 9.59 Å². The van der Waals surface area contributed by atoms with Crippen LogP contribution in [0.5, 0.6) is 0 Å². The topological polar surface area (TPSA) is 53.9 Å². The number of aryl methyl sites for hydroxylation is 3. The molecule has 2 N–H and O–H groups in total. The van der Waals surface area contributed by atoms with Crippen molar-refractivity contribution < 1.29 is 27.7 Å². The van der Waals surface area contributed by atoms with Crippen LogP contribution in [0.3, 0.4) is 0 Å². The standard InChI is InChI=1S/C21H30F3N3O2/c1-13-8-14(2)20(15(3)9-13)25-18(28)10-26(5)11-19(29)27(12-21(22,23)24)16(4)17-6-7-17/h8-9,16-17H,6-7,10-12H2,1-5H3,(H,25,28)/p+1/t16-/m1/s1. The van der Waals surface area contributed by atoms with Crippen LogP contribution in [0.4, 0.5) is 18.9 Å². The third kappa shape index (κ3) is 7.03. The molecular weight excluding hydrogens is 383 g/mol. The Balaban J connectivity index is 1.96. The lowest BCUT2D eigenvalue weighted by atomic mass is 10.1. The van der Waals surface area contributed by atoms with Gasteiger partial charge >= 0.3 is 6.18 Å². The molecule has 1 aliphatic carbocycles. The molecule has 0 spiro atoms. The van der Waals surface area contributed by atoms with E-state index in [1.807, 2.05) is 32.9 Å². The fourth-order valence-electron chi connectivity index (χ4n) is 3.74. The summed E-state index contributed by atoms with van der Waals surface area (Å²) in [6, 6.07) is 3.50. The molecule has 29 heavy (non-hydrogen) atoms. The Bertz CT molecular complexity index is 737. The number of carbonyl (C=O) groups excluding carboxylic acids is 2. The predicted molar refractivity (Wildman–Crippen MR) is 106 cm³/mol. The van der Waals surface area contributed by atoms with Crippen LogP contribution in [0.25, 0.3) is 0 Å². The van der Waals surface area contributed by atoms with Crippen molar-refractivity contribution in [1.82, 2.24) is 4.90 Å². The van der Waals surface area contributed by atoms with Crippen molar-refractivity contribution in [2.45, 2.75) is 52.8 Å². The summed E-state index contributed by atoms with van der Waals surface area (Å²) in [5, 5.41) is 2.86. The zero-order valence-corrected chi connectivity index (χ0v) is 17.7. The van der Waals surface area contributed by atoms with E-state index in [2.05, 4.69) is 5.32 Å². The van der Waals surface area contributed by atoms with Gasteiger partial charge in [-0.05, 0) is 57.6 Å². The summed E-state index contributed by atoms with van der Waals surface area (Å²) < 4.78 is 38.8. The summed E-state index contributed by atoms with van der Waals surface area (Å²) in [5.74, 6) is -0.713. The molecule has 1 fully saturated rings. The molecule has 162 valence electrons. The van der Waals surface area contributed by atoms with Crippen LogP contribution in [0.2, 0.25) is 0 Å². The molecule has 0 saturated heterocycles. The minimum Gasteiger partial charge on any atom is -0.326 e. The first-order valence-electron chi connectivity index (χ1n) is 9.92. The average molecular weight is 414 g/mol. The molecule has 1 aromatic rings. The Morgan fingerprint density at radius 1 is 1.17 bits per heavy atom. The summed E-state index contributed by atoms with van der Waals surface area (Å²) in [6.07, 6.45) is -2.74. The first-order chi connectivity index (χ1) is 13.4. The number of hydrogen-bond donors (Lipinski definition) is 2. The van der Waals surface area contributed by atoms with Gasteiger partial charge in [-0.25, -0.2) is 0 Å². The number of halogens is 3. The van der Waals surface area contributed by atoms with Gasteiger partial charge in [0.25, 0.3) is 11.8 Å². The number of quaternary nitrogens is 1. The average Bonchev–Trinajstić information content (AvgIpc) is 3.39. The number of nitrogens with zero attached hydrogens (tertiary/aromatic N) is 1. The van der Waals surface area contributed by atoms with Gasteiger partial charge in [0.2, 0.25) is 0 Å². The predicted octanol–water partition coefficient (Wildman–Crippen LogP) is 2.25. The lowest BCUT2D eigenvalue weighted by Crippen LogP contribution is -3.11. The lowest BCUT2D eigenvalue weighted by Gasteiger charge is -2.30. The van der Waals surface area contributed by atoms with E-state index >= 15 is 0 Å². The zero-order chi connectivity index (χ0) is 21.9. The number of benzene rings is 1. The molecule has 0 aliphatic heterocycles. The molecule has 1 aromatic carbocycles. The molecule has 2 amide bonds. The number of anilines is 1. The van der Waals surface area contributed by atoms with Gasteiger partial charge in [0.15, 0.2) is 13.1 Å². The van der Waals surface area contributed by atoms with Gasteiger partial charge in [-0.15, -0.1) is 0 Å². The smallest absolute Gasteiger partial charge is 0.326 e. The molecule has 0 radical (unpaired) electrons. The van der Waals surface area contributed by atoms with E-state index in [9.17, 15) is 22.8 Å². The van der Waals surface area contributed by atoms with E-state index in [0.29, 0.717) is 4.90 Å². The summed E-state index contributed by atoms with van der Waals surface area (Å²) in [4.78, 5) is 26.4. The molecule has 8 heteroatoms. The van der Waals surface area contributed by atoms with Gasteiger partial charge in [-0.1, -0.05) is 17.7 Å². The minimum atomic E-state index is -4.44. The van der Waals surface area contributed by atoms with Crippen LogP contribution < -0.4 is 10.2 Å². The highest BCUT2D eigenvalue weighted by Crippen LogP contribution is 2.36. The zero-order valence-electron chi connectivity index (χ0n) is 17.7. The van der Waals surface area contributed by atoms with Crippen molar-refractivity contribution in [3.05, 3.63) is 28.8 Å². The maximum atomic E-state index is 12.9. The van der Waals surface area contributed by atoms with Crippen LogP contribution in [0.15, 0.2) is 12.1 Å². The van der Waals surface area contributed by atoms with E-state index in [4.69, 9.17) is 0 Å². The summed E-state index contributed by atoms with van der Waals surface area (Å²) >= 11 is 0. The van der Waals surface area contributed by atoms with E-state index in [-0.39, 0.29) is 24.9 Å². The molecule has 1 aliphatic rings. The second-order valence-corrected chi connectivity index (χ2v) is 8.35. The maximum Gasteiger partial charge on any atom is 0.406 e. The Morgan fingerprint density at radius 3 is 2.21 bits per heavy atom. The van der Waals surface area contributed by atoms with E-state index in [1.165, 1.54) is 0 Å². The highest BCUT2D eigenvalue weighted by atomic mass is 19.4. The number of carbonyl (C=O) groups is 2. The summed E-state index contributed by atoms with van der Waals surface area (Å²) in [5.41, 5.74) is 3.72. The number of likely N-dealkylation sites (N-methyl/N-ethyl adjacent to an activating group) is 1. The van der Waals surface area contributed by atoms with Gasteiger partial charge in [0.1, 0.15) is 6.54 Å². The first kappa shape index (κ1) is 23.2. The molecule has 0 aromatic heterocycles. The highest BCUT2D eigenvalue weighted by Gasteiger charge is 2.41. The SMILES string of the molecule is Cc1cc(C)c(NC(=O)C[NH+](C)CC(=O)N(CC(F)(F)F)[C@H](C)C2CC2)c(C)c1. The van der Waals surface area contributed by atoms with Gasteiger partial charge in [-0.3, -0.25) is 9.59 Å². The van der Waals surface area contributed by atoms with Gasteiger partial charge in [0.05, 0.1) is 7.05 Å². The molecule has 0 heterocycles. The summed E-state index contributed by atoms with van der Waals surface area (Å²) in [7, 11) is 1.64. The second-order valence-electron chi connectivity index (χ2n) is 8.35. The molecular formula is C21H31F3N3O2+. The minimum absolute atomic E-state index is 0.00381. The number of hydrogen-bond acceptors (Lipinski definition) is 2. The van der Waals surface area contributed by atoms with Gasteiger partial charge in [0, 0.05) is 11.7 Å². The molecule has 2 rings (SSSR count). The van der Waals surface area contributed by atoms with Crippen LogP contribution >= 0.6 is 0 Å². The van der Waals surface area contributed by atoms with E-state index < -0.39 is 24.7 Å². The lowest BCUT2D eigenvalue weighted by molar-refractivity contribution is -0.862. The molecule has 1 unspecified atom stereocenters. The fraction of sp³-hybridized carbons (Fsp3) is 0.619. The van der Waals surface area contributed by atoms with Gasteiger partial charge < -0.3 is 15.1 Å². The van der Waals surface area contributed by atoms with E-state index in [0.717, 1.165) is 40.1 Å². The third-order valence-electron chi connectivity index (χ3n) is 5.32. The van der Waals surface area contributed by atoms with Crippen LogP contribution in [0, 0.1) is 26.7 Å². The van der Waals surface area contributed by atoms with Gasteiger partial charge in [-0.2, -0.15) is 13.2 Å². The summed E-state index contributed by atoms with van der Waals surface area (Å²) in [6.45, 7) is 6.05. The van der Waals surface area contributed by atoms with Crippen molar-refractivity contribution in [3.63, 3.8) is 0 Å². The normalized spacial score (nSPS) is 16.3. The van der Waals surface area contributed by atoms with Crippen molar-refractivity contribution >= 4 is 17.5 Å². The van der Waals surface area contributed by atoms with Crippen LogP contribution in [0.1, 0.15) is 36.5 Å².